The molecule has 2 aromatic rings. The highest BCUT2D eigenvalue weighted by atomic mass is 16.2. The summed E-state index contributed by atoms with van der Waals surface area (Å²) in [5.41, 5.74) is 4.18. The molecule has 0 saturated carbocycles. The Balaban J connectivity index is 1.72. The van der Waals surface area contributed by atoms with E-state index in [1.165, 1.54) is 0 Å². The Morgan fingerprint density at radius 3 is 2.95 bits per heavy atom. The third-order valence-electron chi connectivity index (χ3n) is 4.81. The van der Waals surface area contributed by atoms with Crippen LogP contribution < -0.4 is 0 Å². The molecule has 1 aromatic carbocycles. The smallest absolute Gasteiger partial charge is 0.254 e. The number of rotatable bonds is 1. The van der Waals surface area contributed by atoms with Crippen molar-refractivity contribution in [2.24, 2.45) is 0 Å². The van der Waals surface area contributed by atoms with Crippen LogP contribution in [0.3, 0.4) is 0 Å². The number of carbonyl (C=O) groups excluding carboxylic acids is 1. The van der Waals surface area contributed by atoms with Crippen molar-refractivity contribution in [2.45, 2.75) is 45.2 Å². The third kappa shape index (κ3) is 2.02. The van der Waals surface area contributed by atoms with Gasteiger partial charge in [0.25, 0.3) is 5.91 Å². The Labute approximate surface area is 130 Å². The average molecular weight is 293 g/mol. The van der Waals surface area contributed by atoms with Crippen LogP contribution in [-0.2, 0) is 6.42 Å². The second kappa shape index (κ2) is 4.90. The normalized spacial score (nSPS) is 22.5. The molecule has 0 N–H and O–H groups in total. The van der Waals surface area contributed by atoms with Crippen LogP contribution in [0.5, 0.6) is 0 Å². The van der Waals surface area contributed by atoms with Gasteiger partial charge in [-0.05, 0) is 38.8 Å². The molecule has 1 aromatic heterocycles. The van der Waals surface area contributed by atoms with Gasteiger partial charge in [-0.25, -0.2) is 9.97 Å². The second-order valence-corrected chi connectivity index (χ2v) is 6.35. The second-order valence-electron chi connectivity index (χ2n) is 6.35. The molecule has 1 amide bonds. The van der Waals surface area contributed by atoms with Gasteiger partial charge in [0.05, 0.1) is 11.7 Å². The Bertz CT molecular complexity index is 756. The van der Waals surface area contributed by atoms with Gasteiger partial charge in [-0.1, -0.05) is 17.7 Å². The predicted molar refractivity (Wildman–Crippen MR) is 83.6 cm³/mol. The summed E-state index contributed by atoms with van der Waals surface area (Å²) in [5.74, 6) is 0.957. The fraction of sp³-hybridized carbons (Fsp3) is 0.389. The molecular weight excluding hydrogens is 274 g/mol. The number of fused-ring (bicyclic) bond motifs is 4. The Hall–Kier alpha value is -2.23. The zero-order chi connectivity index (χ0) is 15.3. The first kappa shape index (κ1) is 13.4. The van der Waals surface area contributed by atoms with E-state index >= 15 is 0 Å². The van der Waals surface area contributed by atoms with Crippen molar-refractivity contribution in [3.05, 3.63) is 58.7 Å². The zero-order valence-corrected chi connectivity index (χ0v) is 12.9. The molecule has 1 fully saturated rings. The van der Waals surface area contributed by atoms with Crippen LogP contribution in [0.15, 0.2) is 30.5 Å². The fourth-order valence-electron chi connectivity index (χ4n) is 3.81. The van der Waals surface area contributed by atoms with Gasteiger partial charge in [0.15, 0.2) is 0 Å². The molecule has 4 nitrogen and oxygen atoms in total. The van der Waals surface area contributed by atoms with E-state index in [9.17, 15) is 4.79 Å². The molecule has 2 aliphatic rings. The standard InChI is InChI=1S/C18H19N3O/c1-11-4-3-5-13(8-11)18(22)21-14-6-7-17(21)15-10-19-12(2)20-16(15)9-14/h3-5,8,10,14,17H,6-7,9H2,1-2H3/t14-,17+/m0/s1. The van der Waals surface area contributed by atoms with Crippen LogP contribution in [0.4, 0.5) is 0 Å². The highest BCUT2D eigenvalue weighted by Gasteiger charge is 2.43. The fourth-order valence-corrected chi connectivity index (χ4v) is 3.81. The topological polar surface area (TPSA) is 46.1 Å². The van der Waals surface area contributed by atoms with Gasteiger partial charge in [0.1, 0.15) is 5.82 Å². The summed E-state index contributed by atoms with van der Waals surface area (Å²) in [7, 11) is 0. The van der Waals surface area contributed by atoms with Gasteiger partial charge >= 0.3 is 0 Å². The zero-order valence-electron chi connectivity index (χ0n) is 12.9. The monoisotopic (exact) mass is 293 g/mol. The summed E-state index contributed by atoms with van der Waals surface area (Å²) in [6.07, 6.45) is 4.84. The highest BCUT2D eigenvalue weighted by molar-refractivity contribution is 5.95. The Kier molecular flexibility index (Phi) is 2.99. The van der Waals surface area contributed by atoms with E-state index in [0.717, 1.165) is 47.5 Å². The molecule has 2 aliphatic heterocycles. The maximum atomic E-state index is 13.0. The summed E-state index contributed by atoms with van der Waals surface area (Å²) in [6.45, 7) is 3.94. The van der Waals surface area contributed by atoms with Crippen LogP contribution in [0, 0.1) is 13.8 Å². The maximum absolute atomic E-state index is 13.0. The molecule has 2 bridgehead atoms. The first-order valence-corrected chi connectivity index (χ1v) is 7.85. The number of hydrogen-bond acceptors (Lipinski definition) is 3. The molecule has 0 aliphatic carbocycles. The number of benzene rings is 1. The van der Waals surface area contributed by atoms with Gasteiger partial charge in [-0.2, -0.15) is 0 Å². The molecule has 0 radical (unpaired) electrons. The van der Waals surface area contributed by atoms with E-state index < -0.39 is 0 Å². The minimum atomic E-state index is 0.141. The van der Waals surface area contributed by atoms with Crippen molar-refractivity contribution in [2.75, 3.05) is 0 Å². The van der Waals surface area contributed by atoms with Crippen LogP contribution >= 0.6 is 0 Å². The number of hydrogen-bond donors (Lipinski definition) is 0. The molecule has 3 heterocycles. The van der Waals surface area contributed by atoms with Crippen molar-refractivity contribution >= 4 is 5.91 Å². The van der Waals surface area contributed by atoms with Crippen molar-refractivity contribution < 1.29 is 4.79 Å². The quantitative estimate of drug-likeness (QED) is 0.812. The summed E-state index contributed by atoms with van der Waals surface area (Å²) < 4.78 is 0. The molecular formula is C18H19N3O. The summed E-state index contributed by atoms with van der Waals surface area (Å²) in [4.78, 5) is 24.0. The molecule has 4 rings (SSSR count). The third-order valence-corrected chi connectivity index (χ3v) is 4.81. The summed E-state index contributed by atoms with van der Waals surface area (Å²) >= 11 is 0. The van der Waals surface area contributed by atoms with Crippen LogP contribution in [0.25, 0.3) is 0 Å². The SMILES string of the molecule is Cc1cccc(C(=O)N2[C@H]3CC[C@@H]2c2cnc(C)nc2C3)c1. The average Bonchev–Trinajstić information content (AvgIpc) is 2.81. The van der Waals surface area contributed by atoms with E-state index in [2.05, 4.69) is 14.9 Å². The minimum absolute atomic E-state index is 0.141. The lowest BCUT2D eigenvalue weighted by Crippen LogP contribution is -2.42. The van der Waals surface area contributed by atoms with E-state index in [1.54, 1.807) is 0 Å². The van der Waals surface area contributed by atoms with Gasteiger partial charge in [0.2, 0.25) is 0 Å². The number of aryl methyl sites for hydroxylation is 2. The van der Waals surface area contributed by atoms with Crippen LogP contribution in [0.2, 0.25) is 0 Å². The predicted octanol–water partition coefficient (Wildman–Crippen LogP) is 3.00. The van der Waals surface area contributed by atoms with Crippen LogP contribution in [-0.4, -0.2) is 26.8 Å². The Morgan fingerprint density at radius 2 is 2.14 bits per heavy atom. The molecule has 0 unspecified atom stereocenters. The van der Waals surface area contributed by atoms with Gasteiger partial charge in [-0.3, -0.25) is 4.79 Å². The van der Waals surface area contributed by atoms with Gasteiger partial charge in [0, 0.05) is 29.8 Å². The summed E-state index contributed by atoms with van der Waals surface area (Å²) in [6, 6.07) is 8.28. The first-order valence-electron chi connectivity index (χ1n) is 7.85. The number of amides is 1. The Morgan fingerprint density at radius 1 is 1.27 bits per heavy atom. The first-order chi connectivity index (χ1) is 10.6. The van der Waals surface area contributed by atoms with Crippen molar-refractivity contribution in [3.8, 4) is 0 Å². The molecule has 22 heavy (non-hydrogen) atoms. The van der Waals surface area contributed by atoms with Gasteiger partial charge in [-0.15, -0.1) is 0 Å². The van der Waals surface area contributed by atoms with Crippen molar-refractivity contribution in [1.82, 2.24) is 14.9 Å². The van der Waals surface area contributed by atoms with E-state index in [0.29, 0.717) is 0 Å². The lowest BCUT2D eigenvalue weighted by atomic mass is 9.98. The number of aromatic nitrogens is 2. The molecule has 0 spiro atoms. The molecule has 4 heteroatoms. The largest absolute Gasteiger partial charge is 0.328 e. The van der Waals surface area contributed by atoms with Crippen molar-refractivity contribution in [1.29, 1.82) is 0 Å². The molecule has 112 valence electrons. The van der Waals surface area contributed by atoms with E-state index in [-0.39, 0.29) is 18.0 Å². The van der Waals surface area contributed by atoms with Gasteiger partial charge < -0.3 is 4.90 Å². The van der Waals surface area contributed by atoms with Crippen molar-refractivity contribution in [3.63, 3.8) is 0 Å². The molecule has 2 atom stereocenters. The lowest BCUT2D eigenvalue weighted by Gasteiger charge is -2.35. The maximum Gasteiger partial charge on any atom is 0.254 e. The number of nitrogens with zero attached hydrogens (tertiary/aromatic N) is 3. The van der Waals surface area contributed by atoms with E-state index in [1.807, 2.05) is 44.3 Å². The van der Waals surface area contributed by atoms with Crippen LogP contribution in [0.1, 0.15) is 51.9 Å². The molecule has 1 saturated heterocycles. The number of carbonyl (C=O) groups is 1. The van der Waals surface area contributed by atoms with E-state index in [4.69, 9.17) is 0 Å². The lowest BCUT2D eigenvalue weighted by molar-refractivity contribution is 0.0643. The minimum Gasteiger partial charge on any atom is -0.328 e. The summed E-state index contributed by atoms with van der Waals surface area (Å²) in [5, 5.41) is 0. The highest BCUT2D eigenvalue weighted by Crippen LogP contribution is 2.43.